The zero-order chi connectivity index (χ0) is 24.2. The van der Waals surface area contributed by atoms with Crippen molar-refractivity contribution in [3.63, 3.8) is 0 Å². The molecule has 1 fully saturated rings. The minimum Gasteiger partial charge on any atom is -0.491 e. The molecule has 182 valence electrons. The standard InChI is InChI=1S/C26H33N3O5/c1-18-6-7-20(19(2)15-18)17-27-10-8-21-25(26(32)33-3)22(16-24(31)29(21)12-11-27)34-14-13-28-9-4-5-23(28)30/h6-7,15-16H,4-5,8-14,17H2,1-3H3. The number of carbonyl (C=O) groups is 2. The first-order valence-electron chi connectivity index (χ1n) is 11.9. The number of hydrogen-bond donors (Lipinski definition) is 0. The van der Waals surface area contributed by atoms with E-state index in [4.69, 9.17) is 9.47 Å². The lowest BCUT2D eigenvalue weighted by atomic mass is 10.1. The number of likely N-dealkylation sites (tertiary alicyclic amines) is 1. The van der Waals surface area contributed by atoms with Crippen LogP contribution in [0.15, 0.2) is 29.1 Å². The highest BCUT2D eigenvalue weighted by Crippen LogP contribution is 2.25. The van der Waals surface area contributed by atoms with Gasteiger partial charge in [0.05, 0.1) is 13.7 Å². The highest BCUT2D eigenvalue weighted by molar-refractivity contribution is 5.93. The van der Waals surface area contributed by atoms with Crippen molar-refractivity contribution in [2.45, 2.75) is 46.2 Å². The minimum absolute atomic E-state index is 0.114. The molecule has 0 atom stereocenters. The number of esters is 1. The Labute approximate surface area is 200 Å². The third-order valence-electron chi connectivity index (χ3n) is 6.76. The summed E-state index contributed by atoms with van der Waals surface area (Å²) in [6, 6.07) is 7.84. The monoisotopic (exact) mass is 467 g/mol. The molecule has 4 rings (SSSR count). The normalized spacial score (nSPS) is 16.3. The van der Waals surface area contributed by atoms with E-state index in [0.717, 1.165) is 19.5 Å². The number of methoxy groups -OCH3 is 1. The van der Waals surface area contributed by atoms with Crippen LogP contribution in [0.3, 0.4) is 0 Å². The van der Waals surface area contributed by atoms with Crippen LogP contribution in [0.2, 0.25) is 0 Å². The molecule has 2 aliphatic heterocycles. The highest BCUT2D eigenvalue weighted by atomic mass is 16.5. The van der Waals surface area contributed by atoms with E-state index in [-0.39, 0.29) is 23.8 Å². The number of pyridine rings is 1. The highest BCUT2D eigenvalue weighted by Gasteiger charge is 2.27. The molecular weight excluding hydrogens is 434 g/mol. The van der Waals surface area contributed by atoms with Crippen molar-refractivity contribution < 1.29 is 19.1 Å². The molecule has 3 heterocycles. The number of aryl methyl sites for hydroxylation is 2. The van der Waals surface area contributed by atoms with Crippen LogP contribution in [0, 0.1) is 13.8 Å². The fourth-order valence-electron chi connectivity index (χ4n) is 4.86. The lowest BCUT2D eigenvalue weighted by molar-refractivity contribution is -0.128. The zero-order valence-corrected chi connectivity index (χ0v) is 20.3. The van der Waals surface area contributed by atoms with Crippen LogP contribution >= 0.6 is 0 Å². The Morgan fingerprint density at radius 3 is 2.56 bits per heavy atom. The van der Waals surface area contributed by atoms with E-state index >= 15 is 0 Å². The topological polar surface area (TPSA) is 81.1 Å². The Kier molecular flexibility index (Phi) is 7.36. The summed E-state index contributed by atoms with van der Waals surface area (Å²) >= 11 is 0. The molecule has 8 nitrogen and oxygen atoms in total. The van der Waals surface area contributed by atoms with E-state index in [1.54, 1.807) is 9.47 Å². The van der Waals surface area contributed by atoms with Crippen molar-refractivity contribution in [2.24, 2.45) is 0 Å². The van der Waals surface area contributed by atoms with E-state index in [1.165, 1.54) is 29.9 Å². The fraction of sp³-hybridized carbons (Fsp3) is 0.500. The molecule has 1 aromatic heterocycles. The summed E-state index contributed by atoms with van der Waals surface area (Å²) in [5, 5.41) is 0. The van der Waals surface area contributed by atoms with Gasteiger partial charge in [0.2, 0.25) is 5.91 Å². The van der Waals surface area contributed by atoms with Gasteiger partial charge in [-0.3, -0.25) is 14.5 Å². The van der Waals surface area contributed by atoms with E-state index in [9.17, 15) is 14.4 Å². The van der Waals surface area contributed by atoms with Crippen molar-refractivity contribution in [1.82, 2.24) is 14.4 Å². The van der Waals surface area contributed by atoms with Crippen LogP contribution < -0.4 is 10.3 Å². The molecule has 0 aliphatic carbocycles. The molecule has 0 unspecified atom stereocenters. The summed E-state index contributed by atoms with van der Waals surface area (Å²) in [7, 11) is 1.33. The van der Waals surface area contributed by atoms with Gasteiger partial charge in [-0.1, -0.05) is 23.8 Å². The lowest BCUT2D eigenvalue weighted by Crippen LogP contribution is -2.31. The van der Waals surface area contributed by atoms with Crippen LogP contribution in [0.5, 0.6) is 5.75 Å². The third kappa shape index (κ3) is 5.17. The molecule has 0 saturated carbocycles. The SMILES string of the molecule is COC(=O)c1c(OCCN2CCCC2=O)cc(=O)n2c1CCN(Cc1ccc(C)cc1C)CC2. The first kappa shape index (κ1) is 24.0. The van der Waals surface area contributed by atoms with Crippen molar-refractivity contribution >= 4 is 11.9 Å². The average molecular weight is 468 g/mol. The molecule has 1 amide bonds. The number of nitrogens with zero attached hydrogens (tertiary/aromatic N) is 3. The number of carbonyl (C=O) groups excluding carboxylic acids is 2. The van der Waals surface area contributed by atoms with Gasteiger partial charge in [-0.25, -0.2) is 4.79 Å². The largest absolute Gasteiger partial charge is 0.491 e. The van der Waals surface area contributed by atoms with Crippen molar-refractivity contribution in [2.75, 3.05) is 39.9 Å². The number of aromatic nitrogens is 1. The summed E-state index contributed by atoms with van der Waals surface area (Å²) < 4.78 is 12.6. The van der Waals surface area contributed by atoms with Gasteiger partial charge in [-0.05, 0) is 31.4 Å². The number of benzene rings is 1. The molecular formula is C26H33N3O5. The molecule has 8 heteroatoms. The maximum absolute atomic E-state index is 13.0. The molecule has 1 saturated heterocycles. The Balaban J connectivity index is 1.54. The summed E-state index contributed by atoms with van der Waals surface area (Å²) in [6.45, 7) is 8.27. The second-order valence-corrected chi connectivity index (χ2v) is 9.10. The summed E-state index contributed by atoms with van der Waals surface area (Å²) in [6.07, 6.45) is 1.95. The Bertz CT molecular complexity index is 1140. The quantitative estimate of drug-likeness (QED) is 0.582. The molecule has 0 spiro atoms. The zero-order valence-electron chi connectivity index (χ0n) is 20.3. The predicted octanol–water partition coefficient (Wildman–Crippen LogP) is 2.31. The second kappa shape index (κ2) is 10.4. The molecule has 0 bridgehead atoms. The maximum Gasteiger partial charge on any atom is 0.343 e. The van der Waals surface area contributed by atoms with Gasteiger partial charge in [0.15, 0.2) is 0 Å². The lowest BCUT2D eigenvalue weighted by Gasteiger charge is -2.20. The van der Waals surface area contributed by atoms with Gasteiger partial charge in [0, 0.05) is 57.3 Å². The smallest absolute Gasteiger partial charge is 0.343 e. The van der Waals surface area contributed by atoms with Crippen LogP contribution in [0.25, 0.3) is 0 Å². The number of rotatable bonds is 7. The van der Waals surface area contributed by atoms with Gasteiger partial charge in [0.25, 0.3) is 5.56 Å². The van der Waals surface area contributed by atoms with Crippen molar-refractivity contribution in [1.29, 1.82) is 0 Å². The molecule has 0 radical (unpaired) electrons. The van der Waals surface area contributed by atoms with Crippen molar-refractivity contribution in [3.05, 3.63) is 62.6 Å². The molecule has 2 aliphatic rings. The molecule has 2 aromatic rings. The number of fused-ring (bicyclic) bond motifs is 1. The van der Waals surface area contributed by atoms with E-state index in [0.29, 0.717) is 50.3 Å². The summed E-state index contributed by atoms with van der Waals surface area (Å²) in [4.78, 5) is 41.6. The predicted molar refractivity (Wildman–Crippen MR) is 128 cm³/mol. The van der Waals surface area contributed by atoms with Gasteiger partial charge in [-0.15, -0.1) is 0 Å². The maximum atomic E-state index is 13.0. The Morgan fingerprint density at radius 1 is 1.03 bits per heavy atom. The van der Waals surface area contributed by atoms with E-state index in [1.807, 2.05) is 0 Å². The number of amides is 1. The van der Waals surface area contributed by atoms with Gasteiger partial charge >= 0.3 is 5.97 Å². The van der Waals surface area contributed by atoms with Gasteiger partial charge in [-0.2, -0.15) is 0 Å². The summed E-state index contributed by atoms with van der Waals surface area (Å²) in [5.41, 5.74) is 4.51. The van der Waals surface area contributed by atoms with E-state index < -0.39 is 5.97 Å². The summed E-state index contributed by atoms with van der Waals surface area (Å²) in [5.74, 6) is -0.168. The number of hydrogen-bond acceptors (Lipinski definition) is 6. The molecule has 34 heavy (non-hydrogen) atoms. The Morgan fingerprint density at radius 2 is 1.85 bits per heavy atom. The first-order valence-corrected chi connectivity index (χ1v) is 11.9. The van der Waals surface area contributed by atoms with Crippen molar-refractivity contribution in [3.8, 4) is 5.75 Å². The second-order valence-electron chi connectivity index (χ2n) is 9.10. The molecule has 0 N–H and O–H groups in total. The van der Waals surface area contributed by atoms with Crippen LogP contribution in [0.1, 0.15) is 45.6 Å². The number of ether oxygens (including phenoxy) is 2. The molecule has 1 aromatic carbocycles. The minimum atomic E-state index is -0.515. The first-order chi connectivity index (χ1) is 16.4. The average Bonchev–Trinajstić information content (AvgIpc) is 3.09. The van der Waals surface area contributed by atoms with Crippen LogP contribution in [-0.4, -0.2) is 66.1 Å². The van der Waals surface area contributed by atoms with Crippen LogP contribution in [-0.2, 0) is 29.0 Å². The van der Waals surface area contributed by atoms with E-state index in [2.05, 4.69) is 36.9 Å². The van der Waals surface area contributed by atoms with Gasteiger partial charge < -0.3 is 18.9 Å². The van der Waals surface area contributed by atoms with Gasteiger partial charge in [0.1, 0.15) is 17.9 Å². The fourth-order valence-corrected chi connectivity index (χ4v) is 4.86. The Hall–Kier alpha value is -3.13. The third-order valence-corrected chi connectivity index (χ3v) is 6.76. The van der Waals surface area contributed by atoms with Crippen LogP contribution in [0.4, 0.5) is 0 Å².